The summed E-state index contributed by atoms with van der Waals surface area (Å²) >= 11 is 1.67. The van der Waals surface area contributed by atoms with Crippen LogP contribution in [-0.4, -0.2) is 16.9 Å². The Hall–Kier alpha value is -0.940. The predicted molar refractivity (Wildman–Crippen MR) is 78.0 cm³/mol. The summed E-state index contributed by atoms with van der Waals surface area (Å²) in [5.41, 5.74) is 5.66. The monoisotopic (exact) mass is 281 g/mol. The van der Waals surface area contributed by atoms with Gasteiger partial charge in [-0.3, -0.25) is 4.79 Å². The van der Waals surface area contributed by atoms with Gasteiger partial charge in [0.25, 0.3) is 0 Å². The molecule has 1 aromatic heterocycles. The first-order valence-electron chi connectivity index (χ1n) is 6.98. The highest BCUT2D eigenvalue weighted by molar-refractivity contribution is 7.11. The number of nitrogens with two attached hydrogens (primary N) is 1. The van der Waals surface area contributed by atoms with Gasteiger partial charge in [-0.05, 0) is 33.1 Å². The first-order chi connectivity index (χ1) is 8.97. The van der Waals surface area contributed by atoms with Gasteiger partial charge in [-0.2, -0.15) is 0 Å². The van der Waals surface area contributed by atoms with Gasteiger partial charge in [0.15, 0.2) is 0 Å². The molecule has 2 rings (SSSR count). The van der Waals surface area contributed by atoms with Crippen LogP contribution in [0.25, 0.3) is 0 Å². The minimum Gasteiger partial charge on any atom is -0.347 e. The molecule has 0 aromatic carbocycles. The quantitative estimate of drug-likeness (QED) is 0.890. The van der Waals surface area contributed by atoms with Crippen molar-refractivity contribution in [1.29, 1.82) is 0 Å². The topological polar surface area (TPSA) is 68.0 Å². The Morgan fingerprint density at radius 1 is 1.74 bits per heavy atom. The van der Waals surface area contributed by atoms with Crippen molar-refractivity contribution in [2.45, 2.75) is 58.5 Å². The summed E-state index contributed by atoms with van der Waals surface area (Å²) in [5, 5.41) is 4.05. The van der Waals surface area contributed by atoms with Crippen LogP contribution in [0.4, 0.5) is 0 Å². The molecule has 106 valence electrons. The first kappa shape index (κ1) is 14.5. The molecule has 3 atom stereocenters. The Balaban J connectivity index is 2.02. The van der Waals surface area contributed by atoms with Crippen LogP contribution in [0.15, 0.2) is 6.20 Å². The van der Waals surface area contributed by atoms with Gasteiger partial charge in [-0.25, -0.2) is 4.98 Å². The fourth-order valence-electron chi connectivity index (χ4n) is 2.58. The van der Waals surface area contributed by atoms with E-state index < -0.39 is 5.41 Å². The summed E-state index contributed by atoms with van der Waals surface area (Å²) in [5.74, 6) is 0.0678. The van der Waals surface area contributed by atoms with E-state index >= 15 is 0 Å². The van der Waals surface area contributed by atoms with E-state index in [0.717, 1.165) is 30.7 Å². The van der Waals surface area contributed by atoms with E-state index in [9.17, 15) is 4.79 Å². The highest BCUT2D eigenvalue weighted by Crippen LogP contribution is 2.37. The average molecular weight is 281 g/mol. The molecule has 4 nitrogen and oxygen atoms in total. The van der Waals surface area contributed by atoms with Crippen LogP contribution in [0.3, 0.4) is 0 Å². The summed E-state index contributed by atoms with van der Waals surface area (Å²) < 4.78 is 0. The number of thiazole rings is 1. The number of rotatable bonds is 4. The molecule has 0 spiro atoms. The zero-order chi connectivity index (χ0) is 14.0. The van der Waals surface area contributed by atoms with Crippen LogP contribution in [0, 0.1) is 5.41 Å². The lowest BCUT2D eigenvalue weighted by molar-refractivity contribution is -0.131. The van der Waals surface area contributed by atoms with Crippen molar-refractivity contribution in [1.82, 2.24) is 10.3 Å². The molecule has 1 heterocycles. The lowest BCUT2D eigenvalue weighted by Crippen LogP contribution is -2.47. The third-order valence-corrected chi connectivity index (χ3v) is 5.51. The van der Waals surface area contributed by atoms with Gasteiger partial charge < -0.3 is 11.1 Å². The summed E-state index contributed by atoms with van der Waals surface area (Å²) in [6.45, 7) is 6.07. The zero-order valence-electron chi connectivity index (χ0n) is 11.9. The molecule has 3 unspecified atom stereocenters. The Bertz CT molecular complexity index is 459. The van der Waals surface area contributed by atoms with Crippen molar-refractivity contribution in [3.8, 4) is 0 Å². The van der Waals surface area contributed by atoms with Crippen molar-refractivity contribution in [3.63, 3.8) is 0 Å². The largest absolute Gasteiger partial charge is 0.347 e. The van der Waals surface area contributed by atoms with Gasteiger partial charge in [-0.1, -0.05) is 13.3 Å². The van der Waals surface area contributed by atoms with E-state index in [0.29, 0.717) is 0 Å². The second-order valence-electron chi connectivity index (χ2n) is 5.63. The Labute approximate surface area is 118 Å². The minimum atomic E-state index is -0.418. The summed E-state index contributed by atoms with van der Waals surface area (Å²) in [6, 6.07) is -0.0652. The SMILES string of the molecule is CCc1cnc(C(C)NC(=O)C2(C)CCCC2N)s1. The molecular weight excluding hydrogens is 258 g/mol. The molecule has 1 amide bonds. The van der Waals surface area contributed by atoms with Crippen molar-refractivity contribution in [2.24, 2.45) is 11.1 Å². The average Bonchev–Trinajstić information content (AvgIpc) is 2.98. The molecule has 19 heavy (non-hydrogen) atoms. The number of nitrogens with zero attached hydrogens (tertiary/aromatic N) is 1. The van der Waals surface area contributed by atoms with Crippen LogP contribution in [0.1, 0.15) is 56.0 Å². The molecule has 1 aliphatic carbocycles. The maximum absolute atomic E-state index is 12.4. The Morgan fingerprint density at radius 2 is 2.47 bits per heavy atom. The van der Waals surface area contributed by atoms with Gasteiger partial charge in [0.1, 0.15) is 5.01 Å². The number of nitrogens with one attached hydrogen (secondary N) is 1. The van der Waals surface area contributed by atoms with Gasteiger partial charge in [0, 0.05) is 17.1 Å². The van der Waals surface area contributed by atoms with Crippen LogP contribution in [0.5, 0.6) is 0 Å². The van der Waals surface area contributed by atoms with E-state index in [-0.39, 0.29) is 18.0 Å². The molecule has 1 fully saturated rings. The summed E-state index contributed by atoms with van der Waals surface area (Å²) in [6.07, 6.45) is 5.74. The summed E-state index contributed by atoms with van der Waals surface area (Å²) in [4.78, 5) is 18.1. The van der Waals surface area contributed by atoms with E-state index in [2.05, 4.69) is 17.2 Å². The molecule has 3 N–H and O–H groups in total. The number of carbonyl (C=O) groups is 1. The van der Waals surface area contributed by atoms with Crippen LogP contribution < -0.4 is 11.1 Å². The molecule has 1 saturated carbocycles. The molecule has 1 aromatic rings. The fraction of sp³-hybridized carbons (Fsp3) is 0.714. The number of aromatic nitrogens is 1. The van der Waals surface area contributed by atoms with Gasteiger partial charge in [0.05, 0.1) is 11.5 Å². The van der Waals surface area contributed by atoms with Crippen LogP contribution >= 0.6 is 11.3 Å². The van der Waals surface area contributed by atoms with Gasteiger partial charge in [0.2, 0.25) is 5.91 Å². The second-order valence-corrected chi connectivity index (χ2v) is 6.78. The fourth-order valence-corrected chi connectivity index (χ4v) is 3.44. The maximum Gasteiger partial charge on any atom is 0.228 e. The molecule has 0 bridgehead atoms. The normalized spacial score (nSPS) is 28.3. The highest BCUT2D eigenvalue weighted by atomic mass is 32.1. The number of aryl methyl sites for hydroxylation is 1. The predicted octanol–water partition coefficient (Wildman–Crippen LogP) is 2.40. The summed E-state index contributed by atoms with van der Waals surface area (Å²) in [7, 11) is 0. The Morgan fingerprint density at radius 3 is 3.00 bits per heavy atom. The number of amides is 1. The lowest BCUT2D eigenvalue weighted by Gasteiger charge is -2.28. The van der Waals surface area contributed by atoms with Crippen molar-refractivity contribution in [3.05, 3.63) is 16.1 Å². The molecule has 0 saturated heterocycles. The second kappa shape index (κ2) is 5.59. The third-order valence-electron chi connectivity index (χ3n) is 4.19. The molecular formula is C14H23N3OS. The van der Waals surface area contributed by atoms with Crippen LogP contribution in [-0.2, 0) is 11.2 Å². The van der Waals surface area contributed by atoms with E-state index in [1.807, 2.05) is 20.0 Å². The zero-order valence-corrected chi connectivity index (χ0v) is 12.7. The van der Waals surface area contributed by atoms with Gasteiger partial charge in [-0.15, -0.1) is 11.3 Å². The molecule has 5 heteroatoms. The minimum absolute atomic E-state index is 0.0257. The number of hydrogen-bond acceptors (Lipinski definition) is 4. The van der Waals surface area contributed by atoms with E-state index in [1.54, 1.807) is 11.3 Å². The van der Waals surface area contributed by atoms with Gasteiger partial charge >= 0.3 is 0 Å². The number of hydrogen-bond donors (Lipinski definition) is 2. The number of carbonyl (C=O) groups excluding carboxylic acids is 1. The third kappa shape index (κ3) is 2.82. The Kier molecular flexibility index (Phi) is 4.26. The van der Waals surface area contributed by atoms with Crippen molar-refractivity contribution >= 4 is 17.2 Å². The van der Waals surface area contributed by atoms with E-state index in [1.165, 1.54) is 4.88 Å². The van der Waals surface area contributed by atoms with Crippen molar-refractivity contribution in [2.75, 3.05) is 0 Å². The van der Waals surface area contributed by atoms with E-state index in [4.69, 9.17) is 5.73 Å². The van der Waals surface area contributed by atoms with Crippen molar-refractivity contribution < 1.29 is 4.79 Å². The smallest absolute Gasteiger partial charge is 0.228 e. The molecule has 1 aliphatic rings. The lowest BCUT2D eigenvalue weighted by atomic mass is 9.84. The standard InChI is InChI=1S/C14H23N3OS/c1-4-10-8-16-12(19-10)9(2)17-13(18)14(3)7-5-6-11(14)15/h8-9,11H,4-7,15H2,1-3H3,(H,17,18). The maximum atomic E-state index is 12.4. The molecule has 0 radical (unpaired) electrons. The van der Waals surface area contributed by atoms with Crippen LogP contribution in [0.2, 0.25) is 0 Å². The highest BCUT2D eigenvalue weighted by Gasteiger charge is 2.43. The first-order valence-corrected chi connectivity index (χ1v) is 7.80. The molecule has 0 aliphatic heterocycles.